The van der Waals surface area contributed by atoms with E-state index in [1.54, 1.807) is 0 Å². The fourth-order valence-electron chi connectivity index (χ4n) is 2.66. The summed E-state index contributed by atoms with van der Waals surface area (Å²) in [5, 5.41) is 1.15. The van der Waals surface area contributed by atoms with Gasteiger partial charge in [-0.25, -0.2) is 0 Å². The van der Waals surface area contributed by atoms with Crippen molar-refractivity contribution in [2.24, 2.45) is 11.7 Å². The highest BCUT2D eigenvalue weighted by atomic mass is 16.5. The molecule has 94 valence electrons. The van der Waals surface area contributed by atoms with Crippen molar-refractivity contribution in [1.82, 2.24) is 4.98 Å². The lowest BCUT2D eigenvalue weighted by atomic mass is 9.93. The second-order valence-corrected chi connectivity index (χ2v) is 5.08. The van der Waals surface area contributed by atoms with Crippen LogP contribution in [-0.2, 0) is 4.74 Å². The minimum absolute atomic E-state index is 0.0612. The van der Waals surface area contributed by atoms with E-state index in [-0.39, 0.29) is 12.1 Å². The van der Waals surface area contributed by atoms with Crippen molar-refractivity contribution in [3.05, 3.63) is 42.1 Å². The summed E-state index contributed by atoms with van der Waals surface area (Å²) in [7, 11) is 0. The lowest BCUT2D eigenvalue weighted by molar-refractivity contribution is 0.0725. The highest BCUT2D eigenvalue weighted by molar-refractivity contribution is 5.79. The Bertz CT molecular complexity index is 555. The molecule has 0 spiro atoms. The Labute approximate surface area is 107 Å². The predicted molar refractivity (Wildman–Crippen MR) is 72.2 cm³/mol. The molecular formula is C15H18N2O. The Hall–Kier alpha value is -1.45. The molecule has 3 unspecified atom stereocenters. The first-order valence-electron chi connectivity index (χ1n) is 6.47. The van der Waals surface area contributed by atoms with Crippen molar-refractivity contribution in [2.45, 2.75) is 25.5 Å². The molecule has 0 bridgehead atoms. The summed E-state index contributed by atoms with van der Waals surface area (Å²) in [6, 6.07) is 10.2. The molecule has 3 heteroatoms. The number of rotatable bonds is 2. The van der Waals surface area contributed by atoms with Crippen LogP contribution in [0.5, 0.6) is 0 Å². The zero-order valence-electron chi connectivity index (χ0n) is 10.5. The summed E-state index contributed by atoms with van der Waals surface area (Å²) < 4.78 is 5.75. The molecule has 0 amide bonds. The van der Waals surface area contributed by atoms with E-state index in [1.807, 2.05) is 12.3 Å². The van der Waals surface area contributed by atoms with Gasteiger partial charge in [0.2, 0.25) is 0 Å². The largest absolute Gasteiger partial charge is 0.376 e. The van der Waals surface area contributed by atoms with Crippen LogP contribution in [0.3, 0.4) is 0 Å². The maximum absolute atomic E-state index is 6.33. The van der Waals surface area contributed by atoms with Gasteiger partial charge in [-0.3, -0.25) is 4.98 Å². The number of aromatic nitrogens is 1. The number of pyridine rings is 1. The summed E-state index contributed by atoms with van der Waals surface area (Å²) in [6.07, 6.45) is 3.04. The molecule has 1 saturated heterocycles. The number of hydrogen-bond donors (Lipinski definition) is 1. The van der Waals surface area contributed by atoms with Crippen LogP contribution in [0.2, 0.25) is 0 Å². The molecule has 1 aliphatic heterocycles. The van der Waals surface area contributed by atoms with Crippen LogP contribution in [0.4, 0.5) is 0 Å². The molecule has 1 fully saturated rings. The van der Waals surface area contributed by atoms with Crippen LogP contribution in [0.1, 0.15) is 24.9 Å². The molecule has 2 heterocycles. The van der Waals surface area contributed by atoms with Crippen LogP contribution < -0.4 is 5.73 Å². The molecular weight excluding hydrogens is 224 g/mol. The predicted octanol–water partition coefficient (Wildman–Crippen LogP) is 2.66. The van der Waals surface area contributed by atoms with Gasteiger partial charge in [0.1, 0.15) is 0 Å². The third-order valence-corrected chi connectivity index (χ3v) is 3.81. The standard InChI is InChI=1S/C15H18N2O/c1-10-6-8-18-15(10)14(16)12-5-4-11-3-2-7-17-13(11)9-12/h2-5,7,9-10,14-15H,6,8,16H2,1H3. The van der Waals surface area contributed by atoms with Crippen molar-refractivity contribution in [2.75, 3.05) is 6.61 Å². The fraction of sp³-hybridized carbons (Fsp3) is 0.400. The quantitative estimate of drug-likeness (QED) is 0.880. The van der Waals surface area contributed by atoms with E-state index in [0.717, 1.165) is 29.5 Å². The van der Waals surface area contributed by atoms with E-state index in [1.165, 1.54) is 0 Å². The monoisotopic (exact) mass is 242 g/mol. The lowest BCUT2D eigenvalue weighted by Crippen LogP contribution is -2.29. The summed E-state index contributed by atoms with van der Waals surface area (Å²) in [6.45, 7) is 3.03. The molecule has 3 atom stereocenters. The summed E-state index contributed by atoms with van der Waals surface area (Å²) in [5.74, 6) is 0.527. The van der Waals surface area contributed by atoms with Crippen molar-refractivity contribution >= 4 is 10.9 Å². The normalized spacial score (nSPS) is 25.4. The number of nitrogens with two attached hydrogens (primary N) is 1. The van der Waals surface area contributed by atoms with Crippen LogP contribution in [0.15, 0.2) is 36.5 Å². The molecule has 0 saturated carbocycles. The summed E-state index contributed by atoms with van der Waals surface area (Å²) >= 11 is 0. The number of hydrogen-bond acceptors (Lipinski definition) is 3. The van der Waals surface area contributed by atoms with Gasteiger partial charge in [-0.15, -0.1) is 0 Å². The van der Waals surface area contributed by atoms with E-state index < -0.39 is 0 Å². The van der Waals surface area contributed by atoms with Gasteiger partial charge in [0.15, 0.2) is 0 Å². The average Bonchev–Trinajstić information content (AvgIpc) is 2.83. The van der Waals surface area contributed by atoms with Gasteiger partial charge in [-0.05, 0) is 30.0 Å². The van der Waals surface area contributed by atoms with Crippen LogP contribution >= 0.6 is 0 Å². The third kappa shape index (κ3) is 2.00. The highest BCUT2D eigenvalue weighted by Gasteiger charge is 2.30. The first-order chi connectivity index (χ1) is 8.75. The molecule has 3 nitrogen and oxygen atoms in total. The second kappa shape index (κ2) is 4.67. The molecule has 1 aromatic heterocycles. The van der Waals surface area contributed by atoms with E-state index in [0.29, 0.717) is 5.92 Å². The highest BCUT2D eigenvalue weighted by Crippen LogP contribution is 2.30. The minimum Gasteiger partial charge on any atom is -0.376 e. The smallest absolute Gasteiger partial charge is 0.0793 e. The van der Waals surface area contributed by atoms with Crippen LogP contribution in [-0.4, -0.2) is 17.7 Å². The fourth-order valence-corrected chi connectivity index (χ4v) is 2.66. The molecule has 0 radical (unpaired) electrons. The molecule has 2 N–H and O–H groups in total. The lowest BCUT2D eigenvalue weighted by Gasteiger charge is -2.22. The topological polar surface area (TPSA) is 48.1 Å². The first-order valence-corrected chi connectivity index (χ1v) is 6.47. The summed E-state index contributed by atoms with van der Waals surface area (Å²) in [4.78, 5) is 4.37. The Balaban J connectivity index is 1.93. The number of ether oxygens (including phenoxy) is 1. The van der Waals surface area contributed by atoms with Crippen LogP contribution in [0.25, 0.3) is 10.9 Å². The van der Waals surface area contributed by atoms with Gasteiger partial charge >= 0.3 is 0 Å². The zero-order valence-corrected chi connectivity index (χ0v) is 10.5. The third-order valence-electron chi connectivity index (χ3n) is 3.81. The zero-order chi connectivity index (χ0) is 12.5. The maximum Gasteiger partial charge on any atom is 0.0793 e. The van der Waals surface area contributed by atoms with Gasteiger partial charge < -0.3 is 10.5 Å². The van der Waals surface area contributed by atoms with E-state index in [4.69, 9.17) is 10.5 Å². The van der Waals surface area contributed by atoms with Crippen molar-refractivity contribution in [3.63, 3.8) is 0 Å². The first kappa shape index (κ1) is 11.6. The van der Waals surface area contributed by atoms with Gasteiger partial charge in [-0.2, -0.15) is 0 Å². The van der Waals surface area contributed by atoms with E-state index in [2.05, 4.69) is 36.2 Å². The average molecular weight is 242 g/mol. The number of nitrogens with zero attached hydrogens (tertiary/aromatic N) is 1. The van der Waals surface area contributed by atoms with Gasteiger partial charge in [-0.1, -0.05) is 25.1 Å². The van der Waals surface area contributed by atoms with Crippen molar-refractivity contribution in [1.29, 1.82) is 0 Å². The second-order valence-electron chi connectivity index (χ2n) is 5.08. The van der Waals surface area contributed by atoms with Crippen molar-refractivity contribution < 1.29 is 4.74 Å². The maximum atomic E-state index is 6.33. The Morgan fingerprint density at radius 2 is 2.28 bits per heavy atom. The Morgan fingerprint density at radius 3 is 3.06 bits per heavy atom. The molecule has 0 aliphatic carbocycles. The van der Waals surface area contributed by atoms with Gasteiger partial charge in [0.25, 0.3) is 0 Å². The molecule has 1 aliphatic rings. The summed E-state index contributed by atoms with van der Waals surface area (Å²) in [5.41, 5.74) is 8.44. The van der Waals surface area contributed by atoms with E-state index in [9.17, 15) is 0 Å². The Morgan fingerprint density at radius 1 is 1.39 bits per heavy atom. The molecule has 1 aromatic carbocycles. The molecule has 3 rings (SSSR count). The minimum atomic E-state index is -0.0612. The number of benzene rings is 1. The van der Waals surface area contributed by atoms with Gasteiger partial charge in [0.05, 0.1) is 17.7 Å². The molecule has 2 aromatic rings. The van der Waals surface area contributed by atoms with Crippen molar-refractivity contribution in [3.8, 4) is 0 Å². The Kier molecular flexibility index (Phi) is 3.02. The van der Waals surface area contributed by atoms with E-state index >= 15 is 0 Å². The number of fused-ring (bicyclic) bond motifs is 1. The van der Waals surface area contributed by atoms with Gasteiger partial charge in [0, 0.05) is 18.2 Å². The SMILES string of the molecule is CC1CCOC1C(N)c1ccc2cccnc2c1. The molecule has 18 heavy (non-hydrogen) atoms. The van der Waals surface area contributed by atoms with Crippen LogP contribution in [0, 0.1) is 5.92 Å².